The van der Waals surface area contributed by atoms with Crippen LogP contribution in [-0.2, 0) is 17.2 Å². The molecule has 0 spiro atoms. The van der Waals surface area contributed by atoms with Gasteiger partial charge in [0, 0.05) is 7.05 Å². The third-order valence-corrected chi connectivity index (χ3v) is 5.06. The summed E-state index contributed by atoms with van der Waals surface area (Å²) in [5.41, 5.74) is 0.843. The van der Waals surface area contributed by atoms with Crippen LogP contribution in [0.15, 0.2) is 35.6 Å². The van der Waals surface area contributed by atoms with Gasteiger partial charge in [-0.1, -0.05) is 43.6 Å². The van der Waals surface area contributed by atoms with Gasteiger partial charge in [-0.15, -0.1) is 0 Å². The van der Waals surface area contributed by atoms with E-state index in [2.05, 4.69) is 4.98 Å². The van der Waals surface area contributed by atoms with Crippen LogP contribution in [0.1, 0.15) is 31.7 Å². The van der Waals surface area contributed by atoms with Crippen molar-refractivity contribution in [1.29, 1.82) is 0 Å². The highest BCUT2D eigenvalue weighted by molar-refractivity contribution is 7.87. The lowest BCUT2D eigenvalue weighted by atomic mass is 9.98. The molecule has 7 heteroatoms. The number of para-hydroxylation sites is 1. The lowest BCUT2D eigenvalue weighted by molar-refractivity contribution is 0.476. The number of aryl methyl sites for hydroxylation is 1. The SMILES string of the molecule is CC[C@H](C)c1ccccc1OS(=O)(=O)c1ncn(C)c1Cl. The first-order valence-corrected chi connectivity index (χ1v) is 8.35. The van der Waals surface area contributed by atoms with Crippen LogP contribution in [-0.4, -0.2) is 18.0 Å². The molecule has 2 rings (SSSR count). The lowest BCUT2D eigenvalue weighted by Gasteiger charge is -2.14. The Balaban J connectivity index is 2.40. The minimum absolute atomic E-state index is 0.0241. The van der Waals surface area contributed by atoms with E-state index in [9.17, 15) is 8.42 Å². The van der Waals surface area contributed by atoms with Crippen LogP contribution >= 0.6 is 11.6 Å². The molecule has 1 aromatic heterocycles. The average molecular weight is 329 g/mol. The number of benzene rings is 1. The molecule has 0 fully saturated rings. The smallest absolute Gasteiger partial charge is 0.360 e. The topological polar surface area (TPSA) is 61.2 Å². The summed E-state index contributed by atoms with van der Waals surface area (Å²) in [6.45, 7) is 4.05. The zero-order valence-corrected chi connectivity index (χ0v) is 13.6. The Morgan fingerprint density at radius 3 is 2.62 bits per heavy atom. The maximum atomic E-state index is 12.3. The molecule has 0 aliphatic heterocycles. The fourth-order valence-corrected chi connectivity index (χ4v) is 3.27. The number of aromatic nitrogens is 2. The van der Waals surface area contributed by atoms with Gasteiger partial charge in [0.05, 0.1) is 6.33 Å². The van der Waals surface area contributed by atoms with E-state index in [0.29, 0.717) is 5.75 Å². The molecule has 2 aromatic rings. The van der Waals surface area contributed by atoms with Crippen LogP contribution in [0, 0.1) is 0 Å². The zero-order valence-electron chi connectivity index (χ0n) is 12.1. The number of rotatable bonds is 5. The van der Waals surface area contributed by atoms with Crippen LogP contribution in [0.2, 0.25) is 5.15 Å². The predicted octanol–water partition coefficient (Wildman–Crippen LogP) is 3.35. The summed E-state index contributed by atoms with van der Waals surface area (Å²) in [6.07, 6.45) is 2.21. The molecule has 0 amide bonds. The number of hydrogen-bond acceptors (Lipinski definition) is 4. The Morgan fingerprint density at radius 1 is 1.38 bits per heavy atom. The Hall–Kier alpha value is -1.53. The molecule has 0 unspecified atom stereocenters. The molecular weight excluding hydrogens is 312 g/mol. The fourth-order valence-electron chi connectivity index (χ4n) is 1.90. The molecular formula is C14H17ClN2O3S. The average Bonchev–Trinajstić information content (AvgIpc) is 2.79. The summed E-state index contributed by atoms with van der Waals surface area (Å²) in [5, 5.41) is -0.248. The van der Waals surface area contributed by atoms with E-state index in [-0.39, 0.29) is 16.1 Å². The third-order valence-electron chi connectivity index (χ3n) is 3.33. The van der Waals surface area contributed by atoms with Crippen molar-refractivity contribution in [3.63, 3.8) is 0 Å². The molecule has 0 saturated heterocycles. The van der Waals surface area contributed by atoms with Gasteiger partial charge in [0.2, 0.25) is 5.03 Å². The Labute approximate surface area is 129 Å². The summed E-state index contributed by atoms with van der Waals surface area (Å²) in [6, 6.07) is 7.08. The standard InChI is InChI=1S/C14H17ClN2O3S/c1-4-10(2)11-7-5-6-8-12(11)20-21(18,19)14-13(15)17(3)9-16-14/h5-10H,4H2,1-3H3/t10-/m0/s1. The molecule has 0 aliphatic carbocycles. The van der Waals surface area contributed by atoms with Gasteiger partial charge in [0.15, 0.2) is 5.15 Å². The van der Waals surface area contributed by atoms with Crippen molar-refractivity contribution in [3.8, 4) is 5.75 Å². The summed E-state index contributed by atoms with van der Waals surface area (Å²) < 4.78 is 31.3. The van der Waals surface area contributed by atoms with E-state index in [1.54, 1.807) is 19.2 Å². The summed E-state index contributed by atoms with van der Waals surface area (Å²) in [4.78, 5) is 3.80. The van der Waals surface area contributed by atoms with Crippen LogP contribution in [0.4, 0.5) is 0 Å². The minimum atomic E-state index is -4.05. The van der Waals surface area contributed by atoms with Crippen molar-refractivity contribution < 1.29 is 12.6 Å². The molecule has 0 radical (unpaired) electrons. The van der Waals surface area contributed by atoms with Gasteiger partial charge in [-0.2, -0.15) is 8.42 Å². The first-order valence-electron chi connectivity index (χ1n) is 6.57. The Morgan fingerprint density at radius 2 is 2.05 bits per heavy atom. The molecule has 1 aromatic carbocycles. The van der Waals surface area contributed by atoms with E-state index in [4.69, 9.17) is 15.8 Å². The van der Waals surface area contributed by atoms with Crippen molar-refractivity contribution in [2.24, 2.45) is 7.05 Å². The molecule has 21 heavy (non-hydrogen) atoms. The molecule has 0 aliphatic rings. The van der Waals surface area contributed by atoms with Gasteiger partial charge in [-0.25, -0.2) is 4.98 Å². The summed E-state index contributed by atoms with van der Waals surface area (Å²) >= 11 is 5.93. The normalized spacial score (nSPS) is 13.1. The first kappa shape index (κ1) is 15.9. The monoisotopic (exact) mass is 328 g/mol. The van der Waals surface area contributed by atoms with Crippen molar-refractivity contribution in [3.05, 3.63) is 41.3 Å². The highest BCUT2D eigenvalue weighted by Gasteiger charge is 2.26. The lowest BCUT2D eigenvalue weighted by Crippen LogP contribution is -2.12. The maximum Gasteiger partial charge on any atom is 0.360 e. The molecule has 0 saturated carbocycles. The number of halogens is 1. The van der Waals surface area contributed by atoms with Crippen molar-refractivity contribution in [2.75, 3.05) is 0 Å². The largest absolute Gasteiger partial charge is 0.378 e. The van der Waals surface area contributed by atoms with E-state index in [0.717, 1.165) is 12.0 Å². The van der Waals surface area contributed by atoms with Gasteiger partial charge in [-0.3, -0.25) is 0 Å². The van der Waals surface area contributed by atoms with Crippen molar-refractivity contribution in [2.45, 2.75) is 31.2 Å². The summed E-state index contributed by atoms with van der Waals surface area (Å²) in [7, 11) is -2.44. The maximum absolute atomic E-state index is 12.3. The van der Waals surface area contributed by atoms with Crippen LogP contribution in [0.3, 0.4) is 0 Å². The van der Waals surface area contributed by atoms with Gasteiger partial charge in [-0.05, 0) is 24.0 Å². The van der Waals surface area contributed by atoms with Crippen LogP contribution < -0.4 is 4.18 Å². The van der Waals surface area contributed by atoms with E-state index >= 15 is 0 Å². The molecule has 1 atom stereocenters. The molecule has 114 valence electrons. The Bertz CT molecular complexity index is 740. The van der Waals surface area contributed by atoms with Gasteiger partial charge in [0.25, 0.3) is 0 Å². The van der Waals surface area contributed by atoms with E-state index < -0.39 is 10.1 Å². The highest BCUT2D eigenvalue weighted by atomic mass is 35.5. The second-order valence-corrected chi connectivity index (χ2v) is 6.66. The molecule has 0 N–H and O–H groups in total. The van der Waals surface area contributed by atoms with Crippen molar-refractivity contribution >= 4 is 21.7 Å². The number of imidazole rings is 1. The predicted molar refractivity (Wildman–Crippen MR) is 81.2 cm³/mol. The zero-order chi connectivity index (χ0) is 15.6. The van der Waals surface area contributed by atoms with E-state index in [1.165, 1.54) is 10.9 Å². The number of hydrogen-bond donors (Lipinski definition) is 0. The highest BCUT2D eigenvalue weighted by Crippen LogP contribution is 2.31. The fraction of sp³-hybridized carbons (Fsp3) is 0.357. The van der Waals surface area contributed by atoms with Gasteiger partial charge in [0.1, 0.15) is 5.75 Å². The summed E-state index contributed by atoms with van der Waals surface area (Å²) in [5.74, 6) is 0.504. The quantitative estimate of drug-likeness (QED) is 0.790. The molecule has 1 heterocycles. The first-order chi connectivity index (χ1) is 9.86. The third kappa shape index (κ3) is 3.22. The van der Waals surface area contributed by atoms with Crippen molar-refractivity contribution in [1.82, 2.24) is 9.55 Å². The van der Waals surface area contributed by atoms with Gasteiger partial charge >= 0.3 is 10.1 Å². The van der Waals surface area contributed by atoms with E-state index in [1.807, 2.05) is 26.0 Å². The second kappa shape index (κ2) is 6.07. The molecule has 0 bridgehead atoms. The Kier molecular flexibility index (Phi) is 4.58. The van der Waals surface area contributed by atoms with Crippen LogP contribution in [0.25, 0.3) is 0 Å². The molecule has 5 nitrogen and oxygen atoms in total. The van der Waals surface area contributed by atoms with Crippen LogP contribution in [0.5, 0.6) is 5.75 Å². The minimum Gasteiger partial charge on any atom is -0.378 e. The second-order valence-electron chi connectivity index (χ2n) is 4.84. The number of nitrogens with zero attached hydrogens (tertiary/aromatic N) is 2. The van der Waals surface area contributed by atoms with Gasteiger partial charge < -0.3 is 8.75 Å².